The summed E-state index contributed by atoms with van der Waals surface area (Å²) in [5, 5.41) is 5.08. The van der Waals surface area contributed by atoms with Gasteiger partial charge in [-0.05, 0) is 29.8 Å². The Morgan fingerprint density at radius 1 is 1.14 bits per heavy atom. The Hall–Kier alpha value is -2.11. The van der Waals surface area contributed by atoms with Crippen LogP contribution in [0.2, 0.25) is 10.0 Å². The van der Waals surface area contributed by atoms with Gasteiger partial charge >= 0.3 is 0 Å². The lowest BCUT2D eigenvalue weighted by molar-refractivity contribution is 0.424. The molecular formula is C14H10Cl2N4O. The van der Waals surface area contributed by atoms with Crippen LogP contribution in [0.1, 0.15) is 11.4 Å². The van der Waals surface area contributed by atoms with E-state index in [1.165, 1.54) is 0 Å². The molecule has 0 bridgehead atoms. The number of benzene rings is 1. The minimum Gasteiger partial charge on any atom is -0.384 e. The third kappa shape index (κ3) is 2.99. The average molecular weight is 321 g/mol. The molecule has 0 aliphatic carbocycles. The van der Waals surface area contributed by atoms with E-state index in [9.17, 15) is 0 Å². The summed E-state index contributed by atoms with van der Waals surface area (Å²) in [4.78, 5) is 8.24. The monoisotopic (exact) mass is 320 g/mol. The molecule has 106 valence electrons. The Morgan fingerprint density at radius 3 is 2.62 bits per heavy atom. The second kappa shape index (κ2) is 5.71. The van der Waals surface area contributed by atoms with Gasteiger partial charge in [0.1, 0.15) is 5.82 Å². The van der Waals surface area contributed by atoms with Gasteiger partial charge in [-0.2, -0.15) is 4.98 Å². The number of aromatic nitrogens is 3. The Labute approximate surface area is 130 Å². The molecule has 0 unspecified atom stereocenters. The highest BCUT2D eigenvalue weighted by atomic mass is 35.5. The third-order valence-corrected chi connectivity index (χ3v) is 3.60. The molecule has 21 heavy (non-hydrogen) atoms. The minimum atomic E-state index is 0.377. The molecule has 5 nitrogen and oxygen atoms in total. The van der Waals surface area contributed by atoms with Crippen molar-refractivity contribution in [2.45, 2.75) is 6.42 Å². The van der Waals surface area contributed by atoms with Crippen LogP contribution in [0.4, 0.5) is 5.82 Å². The third-order valence-electron chi connectivity index (χ3n) is 2.89. The Balaban J connectivity index is 1.89. The van der Waals surface area contributed by atoms with Crippen molar-refractivity contribution in [3.05, 3.63) is 58.0 Å². The van der Waals surface area contributed by atoms with Gasteiger partial charge in [0.05, 0.1) is 0 Å². The van der Waals surface area contributed by atoms with Crippen molar-refractivity contribution in [3.8, 4) is 11.5 Å². The first-order valence-corrected chi connectivity index (χ1v) is 6.86. The van der Waals surface area contributed by atoms with Gasteiger partial charge in [0, 0.05) is 28.2 Å². The van der Waals surface area contributed by atoms with Gasteiger partial charge < -0.3 is 10.3 Å². The van der Waals surface area contributed by atoms with Crippen LogP contribution in [0.5, 0.6) is 0 Å². The fourth-order valence-electron chi connectivity index (χ4n) is 1.88. The zero-order valence-electron chi connectivity index (χ0n) is 10.8. The van der Waals surface area contributed by atoms with Crippen molar-refractivity contribution in [1.29, 1.82) is 0 Å². The number of nitrogens with two attached hydrogens (primary N) is 1. The van der Waals surface area contributed by atoms with Gasteiger partial charge in [-0.3, -0.25) is 0 Å². The van der Waals surface area contributed by atoms with E-state index in [4.69, 9.17) is 33.5 Å². The number of hydrogen-bond acceptors (Lipinski definition) is 5. The van der Waals surface area contributed by atoms with Gasteiger partial charge in [-0.1, -0.05) is 34.4 Å². The van der Waals surface area contributed by atoms with Crippen molar-refractivity contribution >= 4 is 29.0 Å². The number of nitrogens with zero attached hydrogens (tertiary/aromatic N) is 3. The highest BCUT2D eigenvalue weighted by Crippen LogP contribution is 2.27. The van der Waals surface area contributed by atoms with Gasteiger partial charge in [-0.25, -0.2) is 4.98 Å². The van der Waals surface area contributed by atoms with Crippen LogP contribution >= 0.6 is 23.2 Å². The molecule has 1 aromatic carbocycles. The number of rotatable bonds is 3. The van der Waals surface area contributed by atoms with Crippen molar-refractivity contribution in [2.75, 3.05) is 5.73 Å². The maximum absolute atomic E-state index is 6.13. The lowest BCUT2D eigenvalue weighted by Gasteiger charge is -2.03. The summed E-state index contributed by atoms with van der Waals surface area (Å²) in [5.74, 6) is 1.26. The highest BCUT2D eigenvalue weighted by Gasteiger charge is 2.13. The summed E-state index contributed by atoms with van der Waals surface area (Å²) in [6.45, 7) is 0. The molecule has 3 aromatic rings. The largest absolute Gasteiger partial charge is 0.384 e. The van der Waals surface area contributed by atoms with E-state index in [1.807, 2.05) is 0 Å². The predicted molar refractivity (Wildman–Crippen MR) is 81.2 cm³/mol. The maximum Gasteiger partial charge on any atom is 0.258 e. The quantitative estimate of drug-likeness (QED) is 0.797. The average Bonchev–Trinajstić information content (AvgIpc) is 2.92. The summed E-state index contributed by atoms with van der Waals surface area (Å²) in [5.41, 5.74) is 7.11. The Bertz CT molecular complexity index is 768. The number of pyridine rings is 1. The van der Waals surface area contributed by atoms with Crippen molar-refractivity contribution in [1.82, 2.24) is 15.1 Å². The zero-order valence-corrected chi connectivity index (χ0v) is 12.3. The summed E-state index contributed by atoms with van der Waals surface area (Å²) in [6, 6.07) is 8.74. The minimum absolute atomic E-state index is 0.377. The normalized spacial score (nSPS) is 10.8. The Kier molecular flexibility index (Phi) is 3.77. The smallest absolute Gasteiger partial charge is 0.258 e. The van der Waals surface area contributed by atoms with E-state index in [1.54, 1.807) is 36.5 Å². The summed E-state index contributed by atoms with van der Waals surface area (Å²) < 4.78 is 5.23. The maximum atomic E-state index is 6.13. The van der Waals surface area contributed by atoms with Gasteiger partial charge in [0.2, 0.25) is 0 Å². The fraction of sp³-hybridized carbons (Fsp3) is 0.0714. The van der Waals surface area contributed by atoms with E-state index in [0.29, 0.717) is 39.6 Å². The summed E-state index contributed by atoms with van der Waals surface area (Å²) in [6.07, 6.45) is 1.97. The van der Waals surface area contributed by atoms with E-state index in [2.05, 4.69) is 15.1 Å². The second-order valence-electron chi connectivity index (χ2n) is 4.36. The number of halogens is 2. The molecule has 2 N–H and O–H groups in total. The fourth-order valence-corrected chi connectivity index (χ4v) is 2.41. The molecule has 7 heteroatoms. The molecule has 0 saturated heterocycles. The van der Waals surface area contributed by atoms with Crippen molar-refractivity contribution in [2.24, 2.45) is 0 Å². The van der Waals surface area contributed by atoms with Crippen LogP contribution < -0.4 is 5.73 Å². The van der Waals surface area contributed by atoms with Crippen LogP contribution in [0.25, 0.3) is 11.5 Å². The predicted octanol–water partition coefficient (Wildman–Crippen LogP) is 3.61. The molecule has 0 aliphatic rings. The first-order valence-electron chi connectivity index (χ1n) is 6.11. The molecule has 0 aliphatic heterocycles. The topological polar surface area (TPSA) is 77.8 Å². The lowest BCUT2D eigenvalue weighted by Crippen LogP contribution is -1.93. The first-order chi connectivity index (χ1) is 10.1. The van der Waals surface area contributed by atoms with Gasteiger partial charge in [-0.15, -0.1) is 0 Å². The molecule has 2 heterocycles. The summed E-state index contributed by atoms with van der Waals surface area (Å²) >= 11 is 12.3. The molecule has 0 saturated carbocycles. The lowest BCUT2D eigenvalue weighted by atomic mass is 10.1. The van der Waals surface area contributed by atoms with Crippen LogP contribution in [0.15, 0.2) is 41.1 Å². The molecule has 0 fully saturated rings. The summed E-state index contributed by atoms with van der Waals surface area (Å²) in [7, 11) is 0. The number of nitrogen functional groups attached to an aromatic ring is 1. The van der Waals surface area contributed by atoms with E-state index in [0.717, 1.165) is 5.56 Å². The van der Waals surface area contributed by atoms with Gasteiger partial charge in [0.25, 0.3) is 5.89 Å². The van der Waals surface area contributed by atoms with Crippen LogP contribution in [0.3, 0.4) is 0 Å². The molecule has 0 spiro atoms. The SMILES string of the molecule is Nc1cc(-c2nc(Cc3c(Cl)cccc3Cl)no2)ccn1. The van der Waals surface area contributed by atoms with E-state index >= 15 is 0 Å². The number of hydrogen-bond donors (Lipinski definition) is 1. The van der Waals surface area contributed by atoms with Gasteiger partial charge in [0.15, 0.2) is 5.82 Å². The molecule has 0 amide bonds. The molecule has 0 atom stereocenters. The molecule has 3 rings (SSSR count). The van der Waals surface area contributed by atoms with E-state index < -0.39 is 0 Å². The Morgan fingerprint density at radius 2 is 1.90 bits per heavy atom. The molecular weight excluding hydrogens is 311 g/mol. The van der Waals surface area contributed by atoms with Crippen LogP contribution in [0, 0.1) is 0 Å². The molecule has 2 aromatic heterocycles. The second-order valence-corrected chi connectivity index (χ2v) is 5.18. The zero-order chi connectivity index (χ0) is 14.8. The number of anilines is 1. The van der Waals surface area contributed by atoms with Crippen LogP contribution in [-0.2, 0) is 6.42 Å². The highest BCUT2D eigenvalue weighted by molar-refractivity contribution is 6.36. The van der Waals surface area contributed by atoms with Crippen molar-refractivity contribution in [3.63, 3.8) is 0 Å². The standard InChI is InChI=1S/C14H10Cl2N4O/c15-10-2-1-3-11(16)9(10)7-13-19-14(21-20-13)8-4-5-18-12(17)6-8/h1-6H,7H2,(H2,17,18). The first kappa shape index (κ1) is 13.9. The van der Waals surface area contributed by atoms with Crippen molar-refractivity contribution < 1.29 is 4.52 Å². The van der Waals surface area contributed by atoms with Crippen LogP contribution in [-0.4, -0.2) is 15.1 Å². The molecule has 0 radical (unpaired) electrons. The van der Waals surface area contributed by atoms with E-state index in [-0.39, 0.29) is 0 Å².